The monoisotopic (exact) mass is 365 g/mol. The maximum atomic E-state index is 13.2. The molecule has 2 aliphatic rings. The molecular formula is C22H23NO4. The SMILES string of the molecule is COc1ccc(/C=C2/C(=O)c3ccc(OC)cc3C2N2CCOCC2)cc1. The van der Waals surface area contributed by atoms with Crippen molar-refractivity contribution in [2.75, 3.05) is 40.5 Å². The van der Waals surface area contributed by atoms with E-state index in [1.54, 1.807) is 14.2 Å². The van der Waals surface area contributed by atoms with E-state index in [9.17, 15) is 4.79 Å². The largest absolute Gasteiger partial charge is 0.497 e. The summed E-state index contributed by atoms with van der Waals surface area (Å²) in [5.74, 6) is 1.65. The molecule has 27 heavy (non-hydrogen) atoms. The van der Waals surface area contributed by atoms with E-state index in [1.807, 2.05) is 48.5 Å². The van der Waals surface area contributed by atoms with Crippen LogP contribution in [0.25, 0.3) is 6.08 Å². The van der Waals surface area contributed by atoms with Gasteiger partial charge in [0.2, 0.25) is 0 Å². The first kappa shape index (κ1) is 17.8. The molecule has 1 atom stereocenters. The van der Waals surface area contributed by atoms with Crippen LogP contribution in [0, 0.1) is 0 Å². The van der Waals surface area contributed by atoms with Crippen LogP contribution in [-0.4, -0.2) is 51.2 Å². The Morgan fingerprint density at radius 2 is 1.67 bits per heavy atom. The fourth-order valence-corrected chi connectivity index (χ4v) is 3.80. The summed E-state index contributed by atoms with van der Waals surface area (Å²) in [5, 5.41) is 0. The van der Waals surface area contributed by atoms with E-state index in [0.29, 0.717) is 13.2 Å². The number of carbonyl (C=O) groups is 1. The van der Waals surface area contributed by atoms with Crippen molar-refractivity contribution in [3.8, 4) is 11.5 Å². The van der Waals surface area contributed by atoms with Gasteiger partial charge in [0.25, 0.3) is 0 Å². The van der Waals surface area contributed by atoms with Crippen LogP contribution in [0.3, 0.4) is 0 Å². The molecule has 0 saturated carbocycles. The third kappa shape index (κ3) is 3.36. The molecule has 1 fully saturated rings. The Morgan fingerprint density at radius 1 is 1.00 bits per heavy atom. The maximum absolute atomic E-state index is 13.2. The minimum Gasteiger partial charge on any atom is -0.497 e. The number of ketones is 1. The zero-order chi connectivity index (χ0) is 18.8. The summed E-state index contributed by atoms with van der Waals surface area (Å²) in [6, 6.07) is 13.4. The van der Waals surface area contributed by atoms with E-state index in [4.69, 9.17) is 14.2 Å². The van der Waals surface area contributed by atoms with Crippen LogP contribution in [0.2, 0.25) is 0 Å². The number of fused-ring (bicyclic) bond motifs is 1. The highest BCUT2D eigenvalue weighted by Gasteiger charge is 2.39. The Hall–Kier alpha value is -2.63. The van der Waals surface area contributed by atoms with Gasteiger partial charge in [-0.3, -0.25) is 9.69 Å². The predicted molar refractivity (Wildman–Crippen MR) is 103 cm³/mol. The van der Waals surface area contributed by atoms with Crippen LogP contribution in [0.1, 0.15) is 27.5 Å². The van der Waals surface area contributed by atoms with E-state index < -0.39 is 0 Å². The van der Waals surface area contributed by atoms with Crippen molar-refractivity contribution in [1.82, 2.24) is 4.90 Å². The minimum atomic E-state index is -0.0754. The number of methoxy groups -OCH3 is 2. The number of benzene rings is 2. The van der Waals surface area contributed by atoms with Gasteiger partial charge in [-0.05, 0) is 47.5 Å². The van der Waals surface area contributed by atoms with Crippen LogP contribution in [0.4, 0.5) is 0 Å². The van der Waals surface area contributed by atoms with Gasteiger partial charge in [0.15, 0.2) is 5.78 Å². The van der Waals surface area contributed by atoms with Gasteiger partial charge in [0, 0.05) is 24.2 Å². The zero-order valence-corrected chi connectivity index (χ0v) is 15.6. The average Bonchev–Trinajstić information content (AvgIpc) is 3.00. The second kappa shape index (κ2) is 7.55. The van der Waals surface area contributed by atoms with Crippen molar-refractivity contribution >= 4 is 11.9 Å². The molecule has 0 spiro atoms. The number of carbonyl (C=O) groups excluding carboxylic acids is 1. The number of ether oxygens (including phenoxy) is 3. The summed E-state index contributed by atoms with van der Waals surface area (Å²) < 4.78 is 16.1. The topological polar surface area (TPSA) is 48.0 Å². The minimum absolute atomic E-state index is 0.0754. The van der Waals surface area contributed by atoms with Crippen molar-refractivity contribution in [2.24, 2.45) is 0 Å². The number of hydrogen-bond acceptors (Lipinski definition) is 5. The van der Waals surface area contributed by atoms with Crippen LogP contribution in [-0.2, 0) is 4.74 Å². The Morgan fingerprint density at radius 3 is 2.33 bits per heavy atom. The average molecular weight is 365 g/mol. The number of rotatable bonds is 4. The molecule has 2 aromatic carbocycles. The van der Waals surface area contributed by atoms with E-state index in [-0.39, 0.29) is 11.8 Å². The smallest absolute Gasteiger partial charge is 0.191 e. The van der Waals surface area contributed by atoms with Gasteiger partial charge < -0.3 is 14.2 Å². The van der Waals surface area contributed by atoms with Crippen LogP contribution in [0.15, 0.2) is 48.0 Å². The summed E-state index contributed by atoms with van der Waals surface area (Å²) in [5.41, 5.74) is 3.55. The van der Waals surface area contributed by atoms with Crippen molar-refractivity contribution in [3.63, 3.8) is 0 Å². The molecule has 1 heterocycles. The molecule has 1 unspecified atom stereocenters. The highest BCUT2D eigenvalue weighted by Crippen LogP contribution is 2.42. The molecule has 1 aliphatic heterocycles. The van der Waals surface area contributed by atoms with Crippen molar-refractivity contribution < 1.29 is 19.0 Å². The van der Waals surface area contributed by atoms with E-state index in [1.165, 1.54) is 0 Å². The number of Topliss-reactive ketones (excluding diaryl/α,β-unsaturated/α-hetero) is 1. The van der Waals surface area contributed by atoms with E-state index in [2.05, 4.69) is 4.90 Å². The van der Waals surface area contributed by atoms with Crippen molar-refractivity contribution in [2.45, 2.75) is 6.04 Å². The molecule has 0 radical (unpaired) electrons. The maximum Gasteiger partial charge on any atom is 0.191 e. The van der Waals surface area contributed by atoms with Gasteiger partial charge in [-0.1, -0.05) is 12.1 Å². The lowest BCUT2D eigenvalue weighted by Gasteiger charge is -2.33. The van der Waals surface area contributed by atoms with E-state index in [0.717, 1.165) is 46.9 Å². The first-order chi connectivity index (χ1) is 13.2. The summed E-state index contributed by atoms with van der Waals surface area (Å²) in [6.45, 7) is 2.96. The molecule has 4 rings (SSSR count). The quantitative estimate of drug-likeness (QED) is 0.778. The molecule has 140 valence electrons. The standard InChI is InChI=1S/C22H23NO4/c1-25-16-5-3-15(4-6-16)13-20-21(23-9-11-27-12-10-23)19-14-17(26-2)7-8-18(19)22(20)24/h3-8,13-14,21H,9-12H2,1-2H3/b20-13+. The van der Waals surface area contributed by atoms with Crippen molar-refractivity contribution in [1.29, 1.82) is 0 Å². The Bertz CT molecular complexity index is 866. The molecular weight excluding hydrogens is 342 g/mol. The summed E-state index contributed by atoms with van der Waals surface area (Å²) in [4.78, 5) is 15.5. The molecule has 1 saturated heterocycles. The fraction of sp³-hybridized carbons (Fsp3) is 0.318. The molecule has 5 heteroatoms. The molecule has 0 bridgehead atoms. The highest BCUT2D eigenvalue weighted by molar-refractivity contribution is 6.16. The normalized spacial score (nSPS) is 21.3. The second-order valence-corrected chi connectivity index (χ2v) is 6.71. The summed E-state index contributed by atoms with van der Waals surface area (Å²) >= 11 is 0. The third-order valence-corrected chi connectivity index (χ3v) is 5.20. The van der Waals surface area contributed by atoms with Crippen LogP contribution >= 0.6 is 0 Å². The number of hydrogen-bond donors (Lipinski definition) is 0. The van der Waals surface area contributed by atoms with Gasteiger partial charge in [-0.2, -0.15) is 0 Å². The fourth-order valence-electron chi connectivity index (χ4n) is 3.80. The number of morpholine rings is 1. The predicted octanol–water partition coefficient (Wildman–Crippen LogP) is 3.36. The Balaban J connectivity index is 1.78. The van der Waals surface area contributed by atoms with Crippen molar-refractivity contribution in [3.05, 3.63) is 64.7 Å². The summed E-state index contributed by atoms with van der Waals surface area (Å²) in [7, 11) is 3.29. The molecule has 0 aromatic heterocycles. The lowest BCUT2D eigenvalue weighted by atomic mass is 10.0. The molecule has 5 nitrogen and oxygen atoms in total. The lowest BCUT2D eigenvalue weighted by Crippen LogP contribution is -2.39. The molecule has 2 aromatic rings. The van der Waals surface area contributed by atoms with Gasteiger partial charge in [-0.25, -0.2) is 0 Å². The lowest BCUT2D eigenvalue weighted by molar-refractivity contribution is 0.0242. The second-order valence-electron chi connectivity index (χ2n) is 6.71. The Kier molecular flexibility index (Phi) is 4.97. The van der Waals surface area contributed by atoms with Gasteiger partial charge in [0.1, 0.15) is 11.5 Å². The molecule has 0 N–H and O–H groups in total. The van der Waals surface area contributed by atoms with Crippen LogP contribution in [0.5, 0.6) is 11.5 Å². The number of nitrogens with zero attached hydrogens (tertiary/aromatic N) is 1. The highest BCUT2D eigenvalue weighted by atomic mass is 16.5. The van der Waals surface area contributed by atoms with Gasteiger partial charge >= 0.3 is 0 Å². The molecule has 1 aliphatic carbocycles. The van der Waals surface area contributed by atoms with Gasteiger partial charge in [-0.15, -0.1) is 0 Å². The summed E-state index contributed by atoms with van der Waals surface area (Å²) in [6.07, 6.45) is 1.99. The zero-order valence-electron chi connectivity index (χ0n) is 15.6. The first-order valence-corrected chi connectivity index (χ1v) is 9.11. The van der Waals surface area contributed by atoms with E-state index >= 15 is 0 Å². The van der Waals surface area contributed by atoms with Crippen LogP contribution < -0.4 is 9.47 Å². The molecule has 0 amide bonds. The Labute approximate surface area is 159 Å². The van der Waals surface area contributed by atoms with Gasteiger partial charge in [0.05, 0.1) is 33.5 Å². The third-order valence-electron chi connectivity index (χ3n) is 5.20. The first-order valence-electron chi connectivity index (χ1n) is 9.11.